The first kappa shape index (κ1) is 22.0. The smallest absolute Gasteiger partial charge is 0.258 e. The zero-order valence-corrected chi connectivity index (χ0v) is 19.2. The molecule has 0 radical (unpaired) electrons. The van der Waals surface area contributed by atoms with Gasteiger partial charge >= 0.3 is 0 Å². The van der Waals surface area contributed by atoms with Gasteiger partial charge in [0.25, 0.3) is 5.91 Å². The van der Waals surface area contributed by atoms with Gasteiger partial charge in [0.15, 0.2) is 5.96 Å². The average Bonchev–Trinajstić information content (AvgIpc) is 3.21. The lowest BCUT2D eigenvalue weighted by atomic mass is 10.1. The fourth-order valence-corrected chi connectivity index (χ4v) is 4.71. The summed E-state index contributed by atoms with van der Waals surface area (Å²) in [5.74, 6) is 0.518. The van der Waals surface area contributed by atoms with Crippen molar-refractivity contribution in [2.75, 3.05) is 20.3 Å². The summed E-state index contributed by atoms with van der Waals surface area (Å²) in [4.78, 5) is 17.3. The molecule has 1 aliphatic heterocycles. The van der Waals surface area contributed by atoms with Crippen LogP contribution in [0.15, 0.2) is 71.7 Å². The predicted molar refractivity (Wildman–Crippen MR) is 134 cm³/mol. The first-order chi connectivity index (χ1) is 16.7. The fourth-order valence-electron chi connectivity index (χ4n) is 4.71. The van der Waals surface area contributed by atoms with Crippen LogP contribution in [0.4, 0.5) is 0 Å². The molecular weight excluding hydrogens is 428 g/mol. The van der Waals surface area contributed by atoms with Crippen molar-refractivity contribution in [3.05, 3.63) is 77.9 Å². The number of aromatic nitrogens is 1. The van der Waals surface area contributed by atoms with Crippen LogP contribution in [0.1, 0.15) is 34.8 Å². The molecule has 4 aromatic rings. The molecule has 7 heteroatoms. The highest BCUT2D eigenvalue weighted by atomic mass is 16.5. The Morgan fingerprint density at radius 1 is 1.06 bits per heavy atom. The van der Waals surface area contributed by atoms with Gasteiger partial charge in [-0.25, -0.2) is 4.99 Å². The van der Waals surface area contributed by atoms with E-state index in [1.165, 1.54) is 10.9 Å². The molecule has 174 valence electrons. The maximum Gasteiger partial charge on any atom is 0.258 e. The number of rotatable bonds is 5. The molecule has 0 bridgehead atoms. The van der Waals surface area contributed by atoms with Crippen molar-refractivity contribution >= 4 is 33.7 Å². The number of nitrogens with two attached hydrogens (primary N) is 1. The second-order valence-electron chi connectivity index (χ2n) is 8.43. The number of nitrogens with one attached hydrogen (secondary N) is 1. The number of benzene rings is 3. The van der Waals surface area contributed by atoms with E-state index in [1.807, 2.05) is 42.5 Å². The Labute approximate surface area is 198 Å². The van der Waals surface area contributed by atoms with E-state index < -0.39 is 0 Å². The molecule has 2 heterocycles. The van der Waals surface area contributed by atoms with Crippen molar-refractivity contribution in [3.63, 3.8) is 0 Å². The Hall–Kier alpha value is -3.84. The van der Waals surface area contributed by atoms with Crippen molar-refractivity contribution < 1.29 is 14.3 Å². The van der Waals surface area contributed by atoms with Crippen molar-refractivity contribution in [2.45, 2.75) is 25.4 Å². The lowest BCUT2D eigenvalue weighted by molar-refractivity contribution is 0.0717. The zero-order chi connectivity index (χ0) is 23.5. The number of methoxy groups -OCH3 is 1. The Bertz CT molecular complexity index is 1370. The summed E-state index contributed by atoms with van der Waals surface area (Å²) in [6.45, 7) is 1.81. The Morgan fingerprint density at radius 2 is 1.79 bits per heavy atom. The minimum absolute atomic E-state index is 0.0703. The first-order valence-corrected chi connectivity index (χ1v) is 11.5. The highest BCUT2D eigenvalue weighted by molar-refractivity contribution is 6.12. The summed E-state index contributed by atoms with van der Waals surface area (Å²) in [7, 11) is 1.61. The number of carbonyl (C=O) groups excluding carboxylic acids is 1. The lowest BCUT2D eigenvalue weighted by Crippen LogP contribution is -2.36. The molecule has 0 atom stereocenters. The molecule has 1 saturated heterocycles. The minimum atomic E-state index is -0.285. The molecule has 1 aromatic heterocycles. The van der Waals surface area contributed by atoms with Crippen molar-refractivity contribution in [1.82, 2.24) is 9.88 Å². The molecule has 1 amide bonds. The summed E-state index contributed by atoms with van der Waals surface area (Å²) in [6, 6.07) is 22.1. The molecule has 34 heavy (non-hydrogen) atoms. The van der Waals surface area contributed by atoms with Gasteiger partial charge in [0.1, 0.15) is 5.75 Å². The van der Waals surface area contributed by atoms with E-state index in [0.29, 0.717) is 18.2 Å². The molecule has 5 rings (SSSR count). The van der Waals surface area contributed by atoms with Crippen LogP contribution in [0.25, 0.3) is 21.8 Å². The van der Waals surface area contributed by atoms with Gasteiger partial charge in [-0.3, -0.25) is 10.1 Å². The molecule has 0 saturated carbocycles. The first-order valence-electron chi connectivity index (χ1n) is 11.5. The van der Waals surface area contributed by atoms with Gasteiger partial charge in [-0.2, -0.15) is 0 Å². The molecule has 3 N–H and O–H groups in total. The number of hydrogen-bond acceptors (Lipinski definition) is 4. The topological polar surface area (TPSA) is 90.9 Å². The van der Waals surface area contributed by atoms with E-state index >= 15 is 0 Å². The third kappa shape index (κ3) is 4.22. The van der Waals surface area contributed by atoms with Crippen molar-refractivity contribution in [2.24, 2.45) is 10.7 Å². The maximum atomic E-state index is 13.0. The third-order valence-corrected chi connectivity index (χ3v) is 6.38. The Kier molecular flexibility index (Phi) is 6.18. The van der Waals surface area contributed by atoms with E-state index in [0.717, 1.165) is 48.3 Å². The van der Waals surface area contributed by atoms with Crippen LogP contribution in [-0.2, 0) is 11.3 Å². The minimum Gasteiger partial charge on any atom is -0.496 e. The molecule has 0 unspecified atom stereocenters. The van der Waals surface area contributed by atoms with Crippen LogP contribution in [0.3, 0.4) is 0 Å². The van der Waals surface area contributed by atoms with Gasteiger partial charge in [-0.05, 0) is 37.1 Å². The van der Waals surface area contributed by atoms with E-state index in [4.69, 9.17) is 15.2 Å². The Morgan fingerprint density at radius 3 is 2.62 bits per heavy atom. The summed E-state index contributed by atoms with van der Waals surface area (Å²) in [6.07, 6.45) is 1.90. The number of nitrogens with zero attached hydrogens (tertiary/aromatic N) is 2. The quantitative estimate of drug-likeness (QED) is 0.344. The van der Waals surface area contributed by atoms with Crippen LogP contribution < -0.4 is 15.8 Å². The number of hydrogen-bond donors (Lipinski definition) is 2. The highest BCUT2D eigenvalue weighted by Gasteiger charge is 2.21. The van der Waals surface area contributed by atoms with Crippen LogP contribution >= 0.6 is 0 Å². The molecule has 0 spiro atoms. The van der Waals surface area contributed by atoms with E-state index in [9.17, 15) is 4.79 Å². The summed E-state index contributed by atoms with van der Waals surface area (Å²) in [5.41, 5.74) is 9.69. The summed E-state index contributed by atoms with van der Waals surface area (Å²) in [5, 5.41) is 5.04. The van der Waals surface area contributed by atoms with Gasteiger partial charge in [-0.1, -0.05) is 42.5 Å². The largest absolute Gasteiger partial charge is 0.496 e. The highest BCUT2D eigenvalue weighted by Crippen LogP contribution is 2.35. The fraction of sp³-hybridized carbons (Fsp3) is 0.259. The number of carbonyl (C=O) groups is 1. The van der Waals surface area contributed by atoms with Crippen LogP contribution in [0, 0.1) is 0 Å². The monoisotopic (exact) mass is 456 g/mol. The molecule has 0 aliphatic carbocycles. The van der Waals surface area contributed by atoms with E-state index in [2.05, 4.69) is 39.1 Å². The number of aliphatic imine (C=N–C) groups is 1. The molecule has 3 aromatic carbocycles. The second-order valence-corrected chi connectivity index (χ2v) is 8.43. The number of para-hydroxylation sites is 2. The third-order valence-electron chi connectivity index (χ3n) is 6.38. The summed E-state index contributed by atoms with van der Waals surface area (Å²) >= 11 is 0. The second kappa shape index (κ2) is 9.57. The number of guanidine groups is 1. The predicted octanol–water partition coefficient (Wildman–Crippen LogP) is 4.40. The zero-order valence-electron chi connectivity index (χ0n) is 19.2. The van der Waals surface area contributed by atoms with Gasteiger partial charge in [-0.15, -0.1) is 0 Å². The van der Waals surface area contributed by atoms with Crippen LogP contribution in [0.2, 0.25) is 0 Å². The van der Waals surface area contributed by atoms with Gasteiger partial charge in [0.05, 0.1) is 19.2 Å². The average molecular weight is 457 g/mol. The number of amides is 1. The molecule has 1 fully saturated rings. The Balaban J connectivity index is 1.43. The normalized spacial score (nSPS) is 15.0. The van der Waals surface area contributed by atoms with E-state index in [-0.39, 0.29) is 11.9 Å². The lowest BCUT2D eigenvalue weighted by Gasteiger charge is -2.25. The SMILES string of the molecule is COc1ccccc1CN=C(N)NC(=O)c1ccc2c3ccccc3n(C3CCOCC3)c2c1. The molecule has 7 nitrogen and oxygen atoms in total. The van der Waals surface area contributed by atoms with Crippen molar-refractivity contribution in [3.8, 4) is 5.75 Å². The standard InChI is InChI=1S/C27H28N4O3/c1-33-25-9-5-2-6-19(25)17-29-27(28)30-26(32)18-10-11-22-21-7-3-4-8-23(21)31(24(22)16-18)20-12-14-34-15-13-20/h2-11,16,20H,12-15,17H2,1H3,(H3,28,29,30,32). The van der Waals surface area contributed by atoms with Gasteiger partial charge < -0.3 is 19.8 Å². The van der Waals surface area contributed by atoms with E-state index in [1.54, 1.807) is 7.11 Å². The van der Waals surface area contributed by atoms with Crippen LogP contribution in [0.5, 0.6) is 5.75 Å². The van der Waals surface area contributed by atoms with Gasteiger partial charge in [0, 0.05) is 46.7 Å². The number of ether oxygens (including phenoxy) is 2. The summed E-state index contributed by atoms with van der Waals surface area (Å²) < 4.78 is 13.3. The number of fused-ring (bicyclic) bond motifs is 3. The van der Waals surface area contributed by atoms with Crippen molar-refractivity contribution in [1.29, 1.82) is 0 Å². The molecular formula is C27H28N4O3. The molecule has 1 aliphatic rings. The maximum absolute atomic E-state index is 13.0. The van der Waals surface area contributed by atoms with Crippen LogP contribution in [-0.4, -0.2) is 36.8 Å². The van der Waals surface area contributed by atoms with Gasteiger partial charge in [0.2, 0.25) is 0 Å².